The molecule has 3 rings (SSSR count). The van der Waals surface area contributed by atoms with Gasteiger partial charge in [-0.3, -0.25) is 4.68 Å². The minimum absolute atomic E-state index is 0.407. The van der Waals surface area contributed by atoms with Crippen LogP contribution in [-0.2, 0) is 0 Å². The number of rotatable bonds is 3. The van der Waals surface area contributed by atoms with Gasteiger partial charge in [0.25, 0.3) is 0 Å². The molecular formula is C14H19N5O. The van der Waals surface area contributed by atoms with Crippen molar-refractivity contribution in [3.05, 3.63) is 29.8 Å². The zero-order chi connectivity index (χ0) is 14.1. The Balaban J connectivity index is 1.77. The number of nitrogens with zero attached hydrogens (tertiary/aromatic N) is 5. The van der Waals surface area contributed by atoms with Crippen molar-refractivity contribution >= 4 is 5.82 Å². The summed E-state index contributed by atoms with van der Waals surface area (Å²) in [7, 11) is 1.62. The van der Waals surface area contributed by atoms with Crippen LogP contribution < -0.4 is 9.64 Å². The molecule has 106 valence electrons. The third-order valence-corrected chi connectivity index (χ3v) is 3.71. The van der Waals surface area contributed by atoms with Crippen molar-refractivity contribution in [3.63, 3.8) is 0 Å². The predicted octanol–water partition coefficient (Wildman–Crippen LogP) is 1.75. The van der Waals surface area contributed by atoms with Gasteiger partial charge in [-0.25, -0.2) is 9.97 Å². The van der Waals surface area contributed by atoms with Crippen LogP contribution in [0.1, 0.15) is 23.9 Å². The van der Waals surface area contributed by atoms with Crippen LogP contribution in [0.2, 0.25) is 0 Å². The molecule has 3 heterocycles. The van der Waals surface area contributed by atoms with Crippen molar-refractivity contribution < 1.29 is 4.74 Å². The van der Waals surface area contributed by atoms with Crippen molar-refractivity contribution in [3.8, 4) is 5.88 Å². The number of methoxy groups -OCH3 is 1. The Labute approximate surface area is 118 Å². The summed E-state index contributed by atoms with van der Waals surface area (Å²) in [4.78, 5) is 10.6. The molecule has 0 amide bonds. The molecule has 1 saturated heterocycles. The predicted molar refractivity (Wildman–Crippen MR) is 76.2 cm³/mol. The average Bonchev–Trinajstić information content (AvgIpc) is 3.05. The second-order valence-corrected chi connectivity index (χ2v) is 5.18. The minimum Gasteiger partial charge on any atom is -0.481 e. The van der Waals surface area contributed by atoms with E-state index in [2.05, 4.69) is 37.6 Å². The third kappa shape index (κ3) is 2.33. The smallest absolute Gasteiger partial charge is 0.218 e. The van der Waals surface area contributed by atoms with E-state index < -0.39 is 0 Å². The summed E-state index contributed by atoms with van der Waals surface area (Å²) in [6, 6.07) is 4.41. The van der Waals surface area contributed by atoms with Crippen LogP contribution >= 0.6 is 0 Å². The Bertz CT molecular complexity index is 609. The van der Waals surface area contributed by atoms with Crippen molar-refractivity contribution in [1.29, 1.82) is 0 Å². The monoisotopic (exact) mass is 273 g/mol. The molecule has 6 nitrogen and oxygen atoms in total. The summed E-state index contributed by atoms with van der Waals surface area (Å²) in [5.74, 6) is 1.52. The van der Waals surface area contributed by atoms with Gasteiger partial charge >= 0.3 is 0 Å². The summed E-state index contributed by atoms with van der Waals surface area (Å²) in [6.07, 6.45) is 2.62. The van der Waals surface area contributed by atoms with Crippen molar-refractivity contribution in [2.45, 2.75) is 26.3 Å². The molecule has 1 atom stereocenters. The fourth-order valence-electron chi connectivity index (χ4n) is 2.78. The van der Waals surface area contributed by atoms with Gasteiger partial charge in [0, 0.05) is 24.8 Å². The van der Waals surface area contributed by atoms with Crippen LogP contribution in [0.4, 0.5) is 5.82 Å². The highest BCUT2D eigenvalue weighted by Crippen LogP contribution is 2.27. The highest BCUT2D eigenvalue weighted by molar-refractivity contribution is 5.42. The van der Waals surface area contributed by atoms with Crippen molar-refractivity contribution in [2.24, 2.45) is 0 Å². The first kappa shape index (κ1) is 12.9. The van der Waals surface area contributed by atoms with Gasteiger partial charge in [-0.15, -0.1) is 0 Å². The summed E-state index contributed by atoms with van der Waals surface area (Å²) in [5, 5.41) is 4.59. The van der Waals surface area contributed by atoms with E-state index in [0.717, 1.165) is 31.0 Å². The number of aryl methyl sites for hydroxylation is 2. The number of hydrogen-bond donors (Lipinski definition) is 0. The van der Waals surface area contributed by atoms with E-state index >= 15 is 0 Å². The van der Waals surface area contributed by atoms with Gasteiger partial charge in [-0.05, 0) is 26.3 Å². The number of hydrogen-bond acceptors (Lipinski definition) is 5. The van der Waals surface area contributed by atoms with Crippen LogP contribution in [0.3, 0.4) is 0 Å². The molecule has 0 aromatic carbocycles. The maximum absolute atomic E-state index is 5.15. The van der Waals surface area contributed by atoms with E-state index in [9.17, 15) is 0 Å². The molecular weight excluding hydrogens is 254 g/mol. The first-order chi connectivity index (χ1) is 9.67. The standard InChI is InChI=1S/C14H19N5O/c1-10-6-11(2)19(17-10)12-4-5-18(8-12)13-7-14(20-3)16-9-15-13/h6-7,9,12H,4-5,8H2,1-3H3. The van der Waals surface area contributed by atoms with Gasteiger partial charge in [-0.1, -0.05) is 0 Å². The van der Waals surface area contributed by atoms with Gasteiger partial charge in [0.15, 0.2) is 0 Å². The van der Waals surface area contributed by atoms with Crippen LogP contribution in [-0.4, -0.2) is 39.9 Å². The molecule has 0 saturated carbocycles. The lowest BCUT2D eigenvalue weighted by Gasteiger charge is -2.18. The third-order valence-electron chi connectivity index (χ3n) is 3.71. The Kier molecular flexibility index (Phi) is 3.30. The molecule has 1 fully saturated rings. The lowest BCUT2D eigenvalue weighted by molar-refractivity contribution is 0.397. The highest BCUT2D eigenvalue weighted by atomic mass is 16.5. The Morgan fingerprint density at radius 2 is 2.10 bits per heavy atom. The van der Waals surface area contributed by atoms with Crippen molar-refractivity contribution in [2.75, 3.05) is 25.1 Å². The molecule has 0 aliphatic carbocycles. The molecule has 0 radical (unpaired) electrons. The summed E-state index contributed by atoms with van der Waals surface area (Å²) >= 11 is 0. The number of anilines is 1. The molecule has 0 bridgehead atoms. The first-order valence-corrected chi connectivity index (χ1v) is 6.81. The molecule has 1 aliphatic rings. The lowest BCUT2D eigenvalue weighted by Crippen LogP contribution is -2.22. The summed E-state index contributed by atoms with van der Waals surface area (Å²) in [6.45, 7) is 6.03. The molecule has 2 aromatic rings. The Morgan fingerprint density at radius 3 is 2.80 bits per heavy atom. The zero-order valence-corrected chi connectivity index (χ0v) is 12.1. The maximum Gasteiger partial charge on any atom is 0.218 e. The Morgan fingerprint density at radius 1 is 1.25 bits per heavy atom. The van der Waals surface area contributed by atoms with Gasteiger partial charge in [-0.2, -0.15) is 5.10 Å². The quantitative estimate of drug-likeness (QED) is 0.852. The Hall–Kier alpha value is -2.11. The van der Waals surface area contributed by atoms with Gasteiger partial charge < -0.3 is 9.64 Å². The highest BCUT2D eigenvalue weighted by Gasteiger charge is 2.26. The molecule has 1 aliphatic heterocycles. The number of ether oxygens (including phenoxy) is 1. The minimum atomic E-state index is 0.407. The maximum atomic E-state index is 5.15. The number of aromatic nitrogens is 4. The zero-order valence-electron chi connectivity index (χ0n) is 12.1. The molecule has 2 aromatic heterocycles. The van der Waals surface area contributed by atoms with E-state index in [4.69, 9.17) is 4.74 Å². The summed E-state index contributed by atoms with van der Waals surface area (Å²) < 4.78 is 7.29. The van der Waals surface area contributed by atoms with E-state index in [-0.39, 0.29) is 0 Å². The lowest BCUT2D eigenvalue weighted by atomic mass is 10.2. The van der Waals surface area contributed by atoms with Gasteiger partial charge in [0.05, 0.1) is 18.8 Å². The second-order valence-electron chi connectivity index (χ2n) is 5.18. The first-order valence-electron chi connectivity index (χ1n) is 6.81. The van der Waals surface area contributed by atoms with Crippen LogP contribution in [0.25, 0.3) is 0 Å². The SMILES string of the molecule is COc1cc(N2CCC(n3nc(C)cc3C)C2)ncn1. The van der Waals surface area contributed by atoms with Gasteiger partial charge in [0.2, 0.25) is 5.88 Å². The van der Waals surface area contributed by atoms with Crippen LogP contribution in [0, 0.1) is 13.8 Å². The van der Waals surface area contributed by atoms with Crippen molar-refractivity contribution in [1.82, 2.24) is 19.7 Å². The molecule has 0 N–H and O–H groups in total. The van der Waals surface area contributed by atoms with Gasteiger partial charge in [0.1, 0.15) is 12.1 Å². The molecule has 20 heavy (non-hydrogen) atoms. The molecule has 1 unspecified atom stereocenters. The van der Waals surface area contributed by atoms with E-state index in [0.29, 0.717) is 11.9 Å². The molecule has 0 spiro atoms. The summed E-state index contributed by atoms with van der Waals surface area (Å²) in [5.41, 5.74) is 2.29. The largest absolute Gasteiger partial charge is 0.481 e. The average molecular weight is 273 g/mol. The van der Waals surface area contributed by atoms with Crippen LogP contribution in [0.15, 0.2) is 18.5 Å². The second kappa shape index (κ2) is 5.11. The normalized spacial score (nSPS) is 18.6. The van der Waals surface area contributed by atoms with E-state index in [1.54, 1.807) is 13.4 Å². The molecule has 6 heteroatoms. The van der Waals surface area contributed by atoms with Crippen LogP contribution in [0.5, 0.6) is 5.88 Å². The fraction of sp³-hybridized carbons (Fsp3) is 0.500. The fourth-order valence-corrected chi connectivity index (χ4v) is 2.78. The van der Waals surface area contributed by atoms with E-state index in [1.807, 2.05) is 13.0 Å². The van der Waals surface area contributed by atoms with E-state index in [1.165, 1.54) is 5.69 Å². The topological polar surface area (TPSA) is 56.1 Å².